The van der Waals surface area contributed by atoms with E-state index < -0.39 is 0 Å². The molecule has 1 aromatic carbocycles. The van der Waals surface area contributed by atoms with Gasteiger partial charge in [-0.25, -0.2) is 0 Å². The minimum atomic E-state index is 0.176. The lowest BCUT2D eigenvalue weighted by Gasteiger charge is -2.37. The van der Waals surface area contributed by atoms with Gasteiger partial charge in [0.2, 0.25) is 0 Å². The summed E-state index contributed by atoms with van der Waals surface area (Å²) in [6.07, 6.45) is 7.21. The summed E-state index contributed by atoms with van der Waals surface area (Å²) >= 11 is 6.14. The quantitative estimate of drug-likeness (QED) is 0.817. The average molecular weight is 310 g/mol. The molecule has 0 aliphatic heterocycles. The number of hydrogen-bond acceptors (Lipinski definition) is 2. The van der Waals surface area contributed by atoms with Crippen LogP contribution in [0.1, 0.15) is 51.5 Å². The van der Waals surface area contributed by atoms with E-state index in [1.54, 1.807) is 7.11 Å². The SMILES string of the molecule is COc1ccc(Cl)cc1CC(N)C1(CC(C)C)CCCC1. The first-order valence-electron chi connectivity index (χ1n) is 8.05. The van der Waals surface area contributed by atoms with Crippen LogP contribution in [0.3, 0.4) is 0 Å². The molecular formula is C18H28ClNO. The van der Waals surface area contributed by atoms with Gasteiger partial charge in [-0.1, -0.05) is 38.3 Å². The van der Waals surface area contributed by atoms with Crippen LogP contribution in [-0.4, -0.2) is 13.2 Å². The van der Waals surface area contributed by atoms with E-state index in [1.807, 2.05) is 18.2 Å². The highest BCUT2D eigenvalue weighted by Gasteiger charge is 2.39. The van der Waals surface area contributed by atoms with Crippen LogP contribution in [0.25, 0.3) is 0 Å². The molecule has 2 nitrogen and oxygen atoms in total. The van der Waals surface area contributed by atoms with Crippen LogP contribution in [0, 0.1) is 11.3 Å². The van der Waals surface area contributed by atoms with E-state index in [4.69, 9.17) is 22.1 Å². The Morgan fingerprint density at radius 1 is 1.29 bits per heavy atom. The molecule has 0 aromatic heterocycles. The van der Waals surface area contributed by atoms with E-state index in [1.165, 1.54) is 32.1 Å². The molecule has 0 amide bonds. The maximum Gasteiger partial charge on any atom is 0.122 e. The Labute approximate surface area is 134 Å². The molecule has 0 spiro atoms. The van der Waals surface area contributed by atoms with Gasteiger partial charge in [-0.05, 0) is 60.8 Å². The molecule has 1 saturated carbocycles. The lowest BCUT2D eigenvalue weighted by molar-refractivity contribution is 0.181. The molecule has 1 aliphatic rings. The van der Waals surface area contributed by atoms with Gasteiger partial charge in [0.15, 0.2) is 0 Å². The highest BCUT2D eigenvalue weighted by Crippen LogP contribution is 2.46. The summed E-state index contributed by atoms with van der Waals surface area (Å²) in [5.74, 6) is 1.59. The molecule has 1 fully saturated rings. The largest absolute Gasteiger partial charge is 0.496 e. The minimum absolute atomic E-state index is 0.176. The van der Waals surface area contributed by atoms with Crippen LogP contribution in [0.2, 0.25) is 5.02 Å². The lowest BCUT2D eigenvalue weighted by Crippen LogP contribution is -2.42. The normalized spacial score (nSPS) is 19.0. The van der Waals surface area contributed by atoms with Gasteiger partial charge in [0.05, 0.1) is 7.11 Å². The molecule has 0 bridgehead atoms. The number of ether oxygens (including phenoxy) is 1. The number of nitrogens with two attached hydrogens (primary N) is 1. The second-order valence-electron chi connectivity index (χ2n) is 6.93. The first-order valence-corrected chi connectivity index (χ1v) is 8.42. The van der Waals surface area contributed by atoms with Crippen LogP contribution in [0.4, 0.5) is 0 Å². The topological polar surface area (TPSA) is 35.2 Å². The zero-order valence-corrected chi connectivity index (χ0v) is 14.2. The predicted molar refractivity (Wildman–Crippen MR) is 90.0 cm³/mol. The van der Waals surface area contributed by atoms with Crippen molar-refractivity contribution in [2.75, 3.05) is 7.11 Å². The van der Waals surface area contributed by atoms with Crippen molar-refractivity contribution < 1.29 is 4.74 Å². The Morgan fingerprint density at radius 2 is 1.95 bits per heavy atom. The predicted octanol–water partition coefficient (Wildman–Crippen LogP) is 4.82. The van der Waals surface area contributed by atoms with Crippen LogP contribution >= 0.6 is 11.6 Å². The van der Waals surface area contributed by atoms with Crippen molar-refractivity contribution >= 4 is 11.6 Å². The third-order valence-corrected chi connectivity index (χ3v) is 5.12. The third kappa shape index (κ3) is 3.92. The van der Waals surface area contributed by atoms with Gasteiger partial charge < -0.3 is 10.5 Å². The van der Waals surface area contributed by atoms with E-state index in [0.717, 1.165) is 22.8 Å². The maximum atomic E-state index is 6.67. The molecule has 118 valence electrons. The maximum absolute atomic E-state index is 6.67. The number of methoxy groups -OCH3 is 1. The molecule has 0 saturated heterocycles. The molecule has 0 heterocycles. The Balaban J connectivity index is 2.19. The fourth-order valence-electron chi connectivity index (χ4n) is 3.98. The Bertz CT molecular complexity index is 466. The van der Waals surface area contributed by atoms with Crippen LogP contribution in [0.5, 0.6) is 5.75 Å². The molecule has 1 unspecified atom stereocenters. The summed E-state index contributed by atoms with van der Waals surface area (Å²) in [7, 11) is 1.71. The van der Waals surface area contributed by atoms with Crippen LogP contribution in [0.15, 0.2) is 18.2 Å². The molecule has 1 atom stereocenters. The van der Waals surface area contributed by atoms with E-state index in [2.05, 4.69) is 13.8 Å². The van der Waals surface area contributed by atoms with E-state index >= 15 is 0 Å². The Kier molecular flexibility index (Phi) is 5.56. The molecule has 0 radical (unpaired) electrons. The zero-order chi connectivity index (χ0) is 15.5. The van der Waals surface area contributed by atoms with E-state index in [0.29, 0.717) is 11.3 Å². The summed E-state index contributed by atoms with van der Waals surface area (Å²) in [6, 6.07) is 5.98. The molecule has 2 N–H and O–H groups in total. The van der Waals surface area contributed by atoms with Crippen molar-refractivity contribution in [3.05, 3.63) is 28.8 Å². The number of halogens is 1. The fraction of sp³-hybridized carbons (Fsp3) is 0.667. The standard InChI is InChI=1S/C18H28ClNO/c1-13(2)12-18(8-4-5-9-18)17(20)11-14-10-15(19)6-7-16(14)21-3/h6-7,10,13,17H,4-5,8-9,11-12,20H2,1-3H3. The number of rotatable bonds is 6. The van der Waals surface area contributed by atoms with Crippen molar-refractivity contribution in [2.24, 2.45) is 17.1 Å². The number of hydrogen-bond donors (Lipinski definition) is 1. The van der Waals surface area contributed by atoms with Crippen molar-refractivity contribution in [1.82, 2.24) is 0 Å². The molecule has 21 heavy (non-hydrogen) atoms. The van der Waals surface area contributed by atoms with Crippen molar-refractivity contribution in [2.45, 2.75) is 58.4 Å². The van der Waals surface area contributed by atoms with Crippen molar-refractivity contribution in [1.29, 1.82) is 0 Å². The zero-order valence-electron chi connectivity index (χ0n) is 13.5. The molecule has 1 aromatic rings. The van der Waals surface area contributed by atoms with Crippen LogP contribution in [-0.2, 0) is 6.42 Å². The Hall–Kier alpha value is -0.730. The minimum Gasteiger partial charge on any atom is -0.496 e. The highest BCUT2D eigenvalue weighted by atomic mass is 35.5. The second kappa shape index (κ2) is 7.02. The summed E-state index contributed by atoms with van der Waals surface area (Å²) in [5, 5.41) is 0.752. The van der Waals surface area contributed by atoms with Crippen molar-refractivity contribution in [3.63, 3.8) is 0 Å². The highest BCUT2D eigenvalue weighted by molar-refractivity contribution is 6.30. The smallest absolute Gasteiger partial charge is 0.122 e. The van der Waals surface area contributed by atoms with E-state index in [9.17, 15) is 0 Å². The van der Waals surface area contributed by atoms with Crippen LogP contribution < -0.4 is 10.5 Å². The summed E-state index contributed by atoms with van der Waals surface area (Å²) in [6.45, 7) is 4.60. The monoisotopic (exact) mass is 309 g/mol. The third-order valence-electron chi connectivity index (χ3n) is 4.88. The second-order valence-corrected chi connectivity index (χ2v) is 7.37. The van der Waals surface area contributed by atoms with E-state index in [-0.39, 0.29) is 6.04 Å². The summed E-state index contributed by atoms with van der Waals surface area (Å²) < 4.78 is 5.46. The van der Waals surface area contributed by atoms with Gasteiger partial charge in [0.1, 0.15) is 5.75 Å². The van der Waals surface area contributed by atoms with Gasteiger partial charge in [-0.2, -0.15) is 0 Å². The summed E-state index contributed by atoms with van der Waals surface area (Å²) in [4.78, 5) is 0. The molecule has 1 aliphatic carbocycles. The average Bonchev–Trinajstić information content (AvgIpc) is 2.88. The molecule has 3 heteroatoms. The lowest BCUT2D eigenvalue weighted by atomic mass is 9.71. The first kappa shape index (κ1) is 16.6. The number of benzene rings is 1. The van der Waals surface area contributed by atoms with Gasteiger partial charge in [0.25, 0.3) is 0 Å². The molecular weight excluding hydrogens is 282 g/mol. The molecule has 2 rings (SSSR count). The van der Waals surface area contributed by atoms with Gasteiger partial charge in [0, 0.05) is 11.1 Å². The van der Waals surface area contributed by atoms with Crippen molar-refractivity contribution in [3.8, 4) is 5.75 Å². The van der Waals surface area contributed by atoms with Gasteiger partial charge >= 0.3 is 0 Å². The van der Waals surface area contributed by atoms with Gasteiger partial charge in [-0.15, -0.1) is 0 Å². The fourth-order valence-corrected chi connectivity index (χ4v) is 4.17. The van der Waals surface area contributed by atoms with Gasteiger partial charge in [-0.3, -0.25) is 0 Å². The summed E-state index contributed by atoms with van der Waals surface area (Å²) in [5.41, 5.74) is 8.09. The first-order chi connectivity index (χ1) is 9.97. The Morgan fingerprint density at radius 3 is 2.52 bits per heavy atom.